The van der Waals surface area contributed by atoms with E-state index < -0.39 is 0 Å². The third-order valence-corrected chi connectivity index (χ3v) is 3.97. The van der Waals surface area contributed by atoms with Crippen molar-refractivity contribution in [3.05, 3.63) is 0 Å². The Labute approximate surface area is 106 Å². The predicted octanol–water partition coefficient (Wildman–Crippen LogP) is 4.30. The summed E-state index contributed by atoms with van der Waals surface area (Å²) in [5.74, 6) is 0.921. The van der Waals surface area contributed by atoms with E-state index in [9.17, 15) is 0 Å². The fourth-order valence-electron chi connectivity index (χ4n) is 2.68. The molecule has 3 atom stereocenters. The van der Waals surface area contributed by atoms with Gasteiger partial charge in [0.05, 0.1) is 18.1 Å². The molecule has 0 N–H and O–H groups in total. The molecule has 1 saturated carbocycles. The molecule has 0 saturated heterocycles. The van der Waals surface area contributed by atoms with Crippen LogP contribution in [0.15, 0.2) is 0 Å². The van der Waals surface area contributed by atoms with Crippen LogP contribution in [-0.2, 0) is 4.74 Å². The van der Waals surface area contributed by atoms with Gasteiger partial charge in [-0.2, -0.15) is 5.26 Å². The molecule has 1 aliphatic rings. The number of nitrogens with zero attached hydrogens (tertiary/aromatic N) is 1. The molecule has 1 aliphatic carbocycles. The first-order chi connectivity index (χ1) is 8.31. The molecule has 0 bridgehead atoms. The topological polar surface area (TPSA) is 33.0 Å². The zero-order valence-electron chi connectivity index (χ0n) is 11.5. The van der Waals surface area contributed by atoms with Crippen molar-refractivity contribution in [1.29, 1.82) is 5.26 Å². The normalized spacial score (nSPS) is 28.9. The van der Waals surface area contributed by atoms with Crippen LogP contribution in [0.25, 0.3) is 0 Å². The SMILES string of the molecule is CCCCCCOC1CC(CC)CCC1C#N. The summed E-state index contributed by atoms with van der Waals surface area (Å²) in [6.45, 7) is 5.31. The fraction of sp³-hybridized carbons (Fsp3) is 0.933. The fourth-order valence-corrected chi connectivity index (χ4v) is 2.68. The van der Waals surface area contributed by atoms with Crippen molar-refractivity contribution in [2.24, 2.45) is 11.8 Å². The molecule has 3 unspecified atom stereocenters. The second kappa shape index (κ2) is 8.53. The number of ether oxygens (including phenoxy) is 1. The van der Waals surface area contributed by atoms with E-state index in [4.69, 9.17) is 10.00 Å². The van der Waals surface area contributed by atoms with E-state index in [0.717, 1.165) is 31.8 Å². The third kappa shape index (κ3) is 5.08. The molecule has 0 aromatic heterocycles. The van der Waals surface area contributed by atoms with Crippen LogP contribution in [-0.4, -0.2) is 12.7 Å². The van der Waals surface area contributed by atoms with Crippen molar-refractivity contribution in [1.82, 2.24) is 0 Å². The van der Waals surface area contributed by atoms with Gasteiger partial charge < -0.3 is 4.74 Å². The summed E-state index contributed by atoms with van der Waals surface area (Å²) in [6, 6.07) is 2.43. The lowest BCUT2D eigenvalue weighted by Crippen LogP contribution is -2.31. The Kier molecular flexibility index (Phi) is 7.28. The van der Waals surface area contributed by atoms with Crippen LogP contribution in [0.2, 0.25) is 0 Å². The highest BCUT2D eigenvalue weighted by atomic mass is 16.5. The molecular formula is C15H27NO. The Morgan fingerprint density at radius 3 is 2.65 bits per heavy atom. The summed E-state index contributed by atoms with van der Waals surface area (Å²) in [7, 11) is 0. The molecular weight excluding hydrogens is 210 g/mol. The smallest absolute Gasteiger partial charge is 0.0735 e. The molecule has 0 aromatic carbocycles. The zero-order valence-corrected chi connectivity index (χ0v) is 11.5. The highest BCUT2D eigenvalue weighted by Gasteiger charge is 2.30. The molecule has 0 spiro atoms. The summed E-state index contributed by atoms with van der Waals surface area (Å²) >= 11 is 0. The Morgan fingerprint density at radius 1 is 1.18 bits per heavy atom. The summed E-state index contributed by atoms with van der Waals surface area (Å²) < 4.78 is 5.94. The van der Waals surface area contributed by atoms with Crippen molar-refractivity contribution >= 4 is 0 Å². The number of hydrogen-bond acceptors (Lipinski definition) is 2. The highest BCUT2D eigenvalue weighted by molar-refractivity contribution is 4.93. The van der Waals surface area contributed by atoms with Gasteiger partial charge in [0.2, 0.25) is 0 Å². The van der Waals surface area contributed by atoms with E-state index in [1.165, 1.54) is 32.1 Å². The van der Waals surface area contributed by atoms with Crippen molar-refractivity contribution in [2.45, 2.75) is 71.3 Å². The lowest BCUT2D eigenvalue weighted by molar-refractivity contribution is -0.0116. The highest BCUT2D eigenvalue weighted by Crippen LogP contribution is 2.32. The van der Waals surface area contributed by atoms with Crippen LogP contribution in [0, 0.1) is 23.2 Å². The van der Waals surface area contributed by atoms with Gasteiger partial charge >= 0.3 is 0 Å². The maximum absolute atomic E-state index is 9.13. The molecule has 0 amide bonds. The van der Waals surface area contributed by atoms with Crippen LogP contribution in [0.5, 0.6) is 0 Å². The van der Waals surface area contributed by atoms with Gasteiger partial charge in [-0.15, -0.1) is 0 Å². The van der Waals surface area contributed by atoms with Crippen LogP contribution < -0.4 is 0 Å². The molecule has 2 heteroatoms. The second-order valence-electron chi connectivity index (χ2n) is 5.29. The van der Waals surface area contributed by atoms with Gasteiger partial charge in [0.1, 0.15) is 0 Å². The zero-order chi connectivity index (χ0) is 12.5. The van der Waals surface area contributed by atoms with Crippen molar-refractivity contribution in [3.63, 3.8) is 0 Å². The number of rotatable bonds is 7. The number of unbranched alkanes of at least 4 members (excludes halogenated alkanes) is 3. The van der Waals surface area contributed by atoms with E-state index in [1.54, 1.807) is 0 Å². The first kappa shape index (κ1) is 14.5. The predicted molar refractivity (Wildman–Crippen MR) is 70.6 cm³/mol. The molecule has 17 heavy (non-hydrogen) atoms. The summed E-state index contributed by atoms with van der Waals surface area (Å²) in [5, 5.41) is 9.13. The lowest BCUT2D eigenvalue weighted by atomic mass is 9.79. The van der Waals surface area contributed by atoms with E-state index in [0.29, 0.717) is 0 Å². The summed E-state index contributed by atoms with van der Waals surface area (Å²) in [4.78, 5) is 0. The minimum atomic E-state index is 0.143. The monoisotopic (exact) mass is 237 g/mol. The minimum Gasteiger partial charge on any atom is -0.377 e. The van der Waals surface area contributed by atoms with Crippen molar-refractivity contribution in [2.75, 3.05) is 6.61 Å². The first-order valence-corrected chi connectivity index (χ1v) is 7.33. The van der Waals surface area contributed by atoms with Gasteiger partial charge in [0.15, 0.2) is 0 Å². The Hall–Kier alpha value is -0.550. The van der Waals surface area contributed by atoms with Crippen LogP contribution in [0.4, 0.5) is 0 Å². The van der Waals surface area contributed by atoms with E-state index >= 15 is 0 Å². The van der Waals surface area contributed by atoms with Gasteiger partial charge in [-0.1, -0.05) is 39.5 Å². The van der Waals surface area contributed by atoms with Crippen LogP contribution in [0.3, 0.4) is 0 Å². The molecule has 0 aliphatic heterocycles. The van der Waals surface area contributed by atoms with Gasteiger partial charge in [0, 0.05) is 6.61 Å². The maximum atomic E-state index is 9.13. The maximum Gasteiger partial charge on any atom is 0.0735 e. The Morgan fingerprint density at radius 2 is 2.00 bits per heavy atom. The van der Waals surface area contributed by atoms with Gasteiger partial charge in [-0.25, -0.2) is 0 Å². The lowest BCUT2D eigenvalue weighted by Gasteiger charge is -2.32. The van der Waals surface area contributed by atoms with Crippen molar-refractivity contribution < 1.29 is 4.74 Å². The van der Waals surface area contributed by atoms with Crippen LogP contribution in [0.1, 0.15) is 65.2 Å². The van der Waals surface area contributed by atoms with Gasteiger partial charge in [-0.05, 0) is 31.6 Å². The average molecular weight is 237 g/mol. The van der Waals surface area contributed by atoms with Gasteiger partial charge in [0.25, 0.3) is 0 Å². The summed E-state index contributed by atoms with van der Waals surface area (Å²) in [6.07, 6.45) is 9.77. The van der Waals surface area contributed by atoms with Crippen molar-refractivity contribution in [3.8, 4) is 6.07 Å². The van der Waals surface area contributed by atoms with E-state index in [-0.39, 0.29) is 12.0 Å². The quantitative estimate of drug-likeness (QED) is 0.618. The molecule has 0 radical (unpaired) electrons. The Bertz CT molecular complexity index is 234. The van der Waals surface area contributed by atoms with Gasteiger partial charge in [-0.3, -0.25) is 0 Å². The number of nitriles is 1. The third-order valence-electron chi connectivity index (χ3n) is 3.97. The standard InChI is InChI=1S/C15H27NO/c1-3-5-6-7-10-17-15-11-13(4-2)8-9-14(15)12-16/h13-15H,3-11H2,1-2H3. The van der Waals surface area contributed by atoms with E-state index in [2.05, 4.69) is 19.9 Å². The number of hydrogen-bond donors (Lipinski definition) is 0. The molecule has 98 valence electrons. The van der Waals surface area contributed by atoms with Crippen LogP contribution >= 0.6 is 0 Å². The molecule has 0 aromatic rings. The molecule has 1 fully saturated rings. The largest absolute Gasteiger partial charge is 0.377 e. The minimum absolute atomic E-state index is 0.143. The molecule has 1 rings (SSSR count). The summed E-state index contributed by atoms with van der Waals surface area (Å²) in [5.41, 5.74) is 0. The second-order valence-corrected chi connectivity index (χ2v) is 5.29. The first-order valence-electron chi connectivity index (χ1n) is 7.33. The molecule has 2 nitrogen and oxygen atoms in total. The molecule has 0 heterocycles. The Balaban J connectivity index is 2.25. The average Bonchev–Trinajstić information content (AvgIpc) is 2.38. The van der Waals surface area contributed by atoms with E-state index in [1.807, 2.05) is 0 Å².